The second kappa shape index (κ2) is 21.1. The highest BCUT2D eigenvalue weighted by atomic mass is 16.7. The SMILES string of the molecule is CC(C=CC=C(C)C(=O)OCC1CC(c2c(O)cc3oc4cc(O)c(O)cc4c(=O)c3c2O)C(O)C(O)C1O)=CC=CC=C(C)C=CC=C(C)C(=O)OC1OC(CO)C(O)C(O)C1O. The number of carbonyl (C=O) groups is 2. The van der Waals surface area contributed by atoms with Crippen LogP contribution in [0.25, 0.3) is 21.9 Å². The van der Waals surface area contributed by atoms with Gasteiger partial charge >= 0.3 is 11.9 Å². The number of allylic oxidation sites excluding steroid dienone is 12. The van der Waals surface area contributed by atoms with Gasteiger partial charge in [0.1, 0.15) is 58.6 Å². The van der Waals surface area contributed by atoms with Gasteiger partial charge in [-0.15, -0.1) is 0 Å². The van der Waals surface area contributed by atoms with Crippen LogP contribution in [0, 0.1) is 5.92 Å². The van der Waals surface area contributed by atoms with E-state index in [-0.39, 0.29) is 39.7 Å². The Hall–Kier alpha value is -6.09. The van der Waals surface area contributed by atoms with Gasteiger partial charge in [0.2, 0.25) is 11.7 Å². The Labute approximate surface area is 365 Å². The second-order valence-electron chi connectivity index (χ2n) is 15.7. The lowest BCUT2D eigenvalue weighted by Gasteiger charge is -2.40. The minimum atomic E-state index is -1.80. The maximum absolute atomic E-state index is 13.4. The number of hydrogen-bond acceptors (Lipinski definition) is 18. The Bertz CT molecular complexity index is 2500. The molecule has 1 saturated carbocycles. The zero-order valence-electron chi connectivity index (χ0n) is 35.2. The predicted octanol–water partition coefficient (Wildman–Crippen LogP) is 2.29. The summed E-state index contributed by atoms with van der Waals surface area (Å²) in [4.78, 5) is 38.7. The number of hydrogen-bond donors (Lipinski definition) is 11. The van der Waals surface area contributed by atoms with Gasteiger partial charge in [0.25, 0.3) is 0 Å². The highest BCUT2D eigenvalue weighted by Gasteiger charge is 2.47. The fourth-order valence-electron chi connectivity index (χ4n) is 7.17. The first-order valence-corrected chi connectivity index (χ1v) is 20.1. The molecule has 5 rings (SSSR count). The van der Waals surface area contributed by atoms with Crippen molar-refractivity contribution >= 4 is 33.9 Å². The quantitative estimate of drug-likeness (QED) is 0.0386. The number of aromatic hydroxyl groups is 4. The van der Waals surface area contributed by atoms with Gasteiger partial charge in [0, 0.05) is 40.7 Å². The van der Waals surface area contributed by atoms with Gasteiger partial charge < -0.3 is 74.8 Å². The number of aliphatic hydroxyl groups is 7. The molecule has 11 N–H and O–H groups in total. The molecule has 1 saturated heterocycles. The third kappa shape index (κ3) is 11.0. The molecule has 1 aliphatic heterocycles. The Morgan fingerprint density at radius 1 is 0.688 bits per heavy atom. The number of benzene rings is 2. The number of phenols is 4. The lowest BCUT2D eigenvalue weighted by Crippen LogP contribution is -2.59. The average Bonchev–Trinajstić information content (AvgIpc) is 3.25. The summed E-state index contributed by atoms with van der Waals surface area (Å²) in [5, 5.41) is 113. The van der Waals surface area contributed by atoms with E-state index in [1.54, 1.807) is 42.5 Å². The molecule has 2 fully saturated rings. The standard InChI is InChI=1S/C46H52O18/c1-21(9-5-6-10-22(2)12-8-14-24(4)45(60)64-46-43(58)42(57)39(54)33(19-47)63-46)11-7-13-23(3)44(59)61-20-25-15-27(38(53)41(56)36(25)51)34-30(50)18-32-35(40(34)55)37(52)26-16-28(48)29(49)17-31(26)62-32/h5-14,16-18,25,27,33,36,38-39,41-43,46-51,53-58H,15,19-20H2,1-4H3. The molecule has 0 radical (unpaired) electrons. The van der Waals surface area contributed by atoms with E-state index < -0.39 is 120 Å². The van der Waals surface area contributed by atoms with E-state index in [4.69, 9.17) is 18.6 Å². The van der Waals surface area contributed by atoms with E-state index >= 15 is 0 Å². The Balaban J connectivity index is 1.15. The van der Waals surface area contributed by atoms with E-state index in [1.165, 1.54) is 26.0 Å². The first-order valence-electron chi connectivity index (χ1n) is 20.1. The van der Waals surface area contributed by atoms with Crippen molar-refractivity contribution in [2.45, 2.75) is 89.1 Å². The number of carbonyl (C=O) groups excluding carboxylic acids is 2. The molecule has 1 aliphatic carbocycles. The fourth-order valence-corrected chi connectivity index (χ4v) is 7.17. The molecule has 3 aromatic rings. The molecule has 64 heavy (non-hydrogen) atoms. The van der Waals surface area contributed by atoms with Crippen molar-refractivity contribution < 1.29 is 84.4 Å². The molecule has 18 nitrogen and oxygen atoms in total. The molecule has 10 unspecified atom stereocenters. The normalized spacial score (nSPS) is 27.6. The summed E-state index contributed by atoms with van der Waals surface area (Å²) in [6.45, 7) is 5.55. The number of fused-ring (bicyclic) bond motifs is 2. The van der Waals surface area contributed by atoms with Gasteiger partial charge in [0.15, 0.2) is 11.5 Å². The highest BCUT2D eigenvalue weighted by Crippen LogP contribution is 2.47. The molecular formula is C46H52O18. The van der Waals surface area contributed by atoms with Crippen LogP contribution in [0.4, 0.5) is 0 Å². The number of phenolic OH excluding ortho intramolecular Hbond substituents is 4. The van der Waals surface area contributed by atoms with Crippen LogP contribution in [0.2, 0.25) is 0 Å². The minimum absolute atomic E-state index is 0.142. The van der Waals surface area contributed by atoms with Crippen LogP contribution in [-0.4, -0.2) is 130 Å². The zero-order valence-corrected chi connectivity index (χ0v) is 35.2. The van der Waals surface area contributed by atoms with E-state index in [0.717, 1.165) is 29.3 Å². The van der Waals surface area contributed by atoms with Crippen LogP contribution in [0.15, 0.2) is 110 Å². The van der Waals surface area contributed by atoms with E-state index in [9.17, 15) is 70.6 Å². The van der Waals surface area contributed by atoms with Crippen LogP contribution >= 0.6 is 0 Å². The molecule has 18 heteroatoms. The first-order chi connectivity index (χ1) is 30.2. The number of aliphatic hydroxyl groups excluding tert-OH is 7. The molecule has 0 amide bonds. The van der Waals surface area contributed by atoms with Crippen LogP contribution in [0.1, 0.15) is 45.6 Å². The van der Waals surface area contributed by atoms with Gasteiger partial charge in [-0.05, 0) is 40.2 Å². The predicted molar refractivity (Wildman–Crippen MR) is 229 cm³/mol. The zero-order chi connectivity index (χ0) is 47.2. The minimum Gasteiger partial charge on any atom is -0.507 e. The third-order valence-corrected chi connectivity index (χ3v) is 11.0. The molecule has 1 aromatic heterocycles. The van der Waals surface area contributed by atoms with Crippen molar-refractivity contribution in [3.8, 4) is 23.0 Å². The molecular weight excluding hydrogens is 840 g/mol. The maximum Gasteiger partial charge on any atom is 0.336 e. The van der Waals surface area contributed by atoms with E-state index in [1.807, 2.05) is 19.9 Å². The number of esters is 2. The van der Waals surface area contributed by atoms with Crippen LogP contribution < -0.4 is 5.43 Å². The Morgan fingerprint density at radius 3 is 1.86 bits per heavy atom. The van der Waals surface area contributed by atoms with Crippen molar-refractivity contribution in [1.82, 2.24) is 0 Å². The summed E-state index contributed by atoms with van der Waals surface area (Å²) in [5.41, 5.74) is 0.440. The summed E-state index contributed by atoms with van der Waals surface area (Å²) in [6.07, 6.45) is 3.76. The Morgan fingerprint density at radius 2 is 1.25 bits per heavy atom. The molecule has 2 aliphatic rings. The van der Waals surface area contributed by atoms with Crippen molar-refractivity contribution in [1.29, 1.82) is 0 Å². The van der Waals surface area contributed by atoms with Crippen molar-refractivity contribution in [2.24, 2.45) is 5.92 Å². The Kier molecular flexibility index (Phi) is 16.1. The molecule has 0 bridgehead atoms. The maximum atomic E-state index is 13.4. The van der Waals surface area contributed by atoms with Gasteiger partial charge in [-0.25, -0.2) is 9.59 Å². The summed E-state index contributed by atoms with van der Waals surface area (Å²) < 4.78 is 21.3. The summed E-state index contributed by atoms with van der Waals surface area (Å²) in [5.74, 6) is -6.38. The second-order valence-corrected chi connectivity index (χ2v) is 15.7. The fraction of sp³-hybridized carbons (Fsp3) is 0.370. The van der Waals surface area contributed by atoms with Crippen LogP contribution in [0.3, 0.4) is 0 Å². The average molecular weight is 893 g/mol. The smallest absolute Gasteiger partial charge is 0.336 e. The van der Waals surface area contributed by atoms with Crippen LogP contribution in [0.5, 0.6) is 23.0 Å². The van der Waals surface area contributed by atoms with Crippen molar-refractivity contribution in [3.05, 3.63) is 117 Å². The van der Waals surface area contributed by atoms with Gasteiger partial charge in [-0.3, -0.25) is 4.79 Å². The lowest BCUT2D eigenvalue weighted by atomic mass is 9.72. The summed E-state index contributed by atoms with van der Waals surface area (Å²) >= 11 is 0. The van der Waals surface area contributed by atoms with Crippen molar-refractivity contribution in [3.63, 3.8) is 0 Å². The van der Waals surface area contributed by atoms with Gasteiger partial charge in [-0.1, -0.05) is 71.9 Å². The molecule has 2 heterocycles. The van der Waals surface area contributed by atoms with Gasteiger partial charge in [-0.2, -0.15) is 0 Å². The monoisotopic (exact) mass is 892 g/mol. The molecule has 344 valence electrons. The third-order valence-electron chi connectivity index (χ3n) is 11.0. The van der Waals surface area contributed by atoms with E-state index in [2.05, 4.69) is 0 Å². The van der Waals surface area contributed by atoms with Crippen LogP contribution in [-0.2, 0) is 23.8 Å². The molecule has 2 aromatic carbocycles. The molecule has 0 spiro atoms. The number of rotatable bonds is 13. The van der Waals surface area contributed by atoms with E-state index in [0.29, 0.717) is 0 Å². The largest absolute Gasteiger partial charge is 0.507 e. The highest BCUT2D eigenvalue weighted by molar-refractivity contribution is 5.96. The lowest BCUT2D eigenvalue weighted by molar-refractivity contribution is -0.291. The molecule has 10 atom stereocenters. The number of ether oxygens (including phenoxy) is 3. The summed E-state index contributed by atoms with van der Waals surface area (Å²) in [6, 6.07) is 2.97. The topological polar surface area (TPSA) is 315 Å². The first kappa shape index (κ1) is 48.9. The summed E-state index contributed by atoms with van der Waals surface area (Å²) in [7, 11) is 0. The van der Waals surface area contributed by atoms with Crippen molar-refractivity contribution in [2.75, 3.05) is 13.2 Å². The van der Waals surface area contributed by atoms with Gasteiger partial charge in [0.05, 0.1) is 30.8 Å².